The molecule has 2 atom stereocenters. The normalized spacial score (nSPS) is 26.0. The van der Waals surface area contributed by atoms with Gasteiger partial charge in [0.1, 0.15) is 11.6 Å². The van der Waals surface area contributed by atoms with Gasteiger partial charge >= 0.3 is 0 Å². The Kier molecular flexibility index (Phi) is 6.28. The molecule has 9 nitrogen and oxygen atoms in total. The van der Waals surface area contributed by atoms with E-state index in [-0.39, 0.29) is 0 Å². The summed E-state index contributed by atoms with van der Waals surface area (Å²) < 4.78 is 5.53. The summed E-state index contributed by atoms with van der Waals surface area (Å²) in [4.78, 5) is 24.8. The van der Waals surface area contributed by atoms with Crippen molar-refractivity contribution in [1.29, 1.82) is 0 Å². The molecule has 0 aromatic carbocycles. The smallest absolute Gasteiger partial charge is 0.223 e. The molecule has 0 radical (unpaired) electrons. The SMILES string of the molecule is Cc1cc(Nc2cc(C3=CCOC3)nc(CNC3CC4CCCC(C3)N4C(=O)CC3CC3)n2)n[nH]1. The molecule has 186 valence electrons. The Bertz CT molecular complexity index is 1090. The van der Waals surface area contributed by atoms with Crippen LogP contribution in [0.2, 0.25) is 0 Å². The number of carbonyl (C=O) groups is 1. The number of nitrogens with one attached hydrogen (secondary N) is 3. The summed E-state index contributed by atoms with van der Waals surface area (Å²) in [5.41, 5.74) is 2.97. The highest BCUT2D eigenvalue weighted by Crippen LogP contribution is 2.38. The summed E-state index contributed by atoms with van der Waals surface area (Å²) in [5.74, 6) is 3.26. The fraction of sp³-hybridized carbons (Fsp3) is 0.615. The van der Waals surface area contributed by atoms with Crippen molar-refractivity contribution in [2.24, 2.45) is 5.92 Å². The fourth-order valence-electron chi connectivity index (χ4n) is 5.85. The molecule has 6 rings (SSSR count). The lowest BCUT2D eigenvalue weighted by atomic mass is 9.81. The van der Waals surface area contributed by atoms with Crippen molar-refractivity contribution in [3.63, 3.8) is 0 Å². The second-order valence-electron chi connectivity index (χ2n) is 10.6. The number of amides is 1. The van der Waals surface area contributed by atoms with Gasteiger partial charge in [0.2, 0.25) is 5.91 Å². The van der Waals surface area contributed by atoms with Gasteiger partial charge in [0.15, 0.2) is 5.82 Å². The van der Waals surface area contributed by atoms with E-state index in [0.717, 1.165) is 66.5 Å². The second kappa shape index (κ2) is 9.70. The minimum absolute atomic E-state index is 0.374. The number of nitrogens with zero attached hydrogens (tertiary/aromatic N) is 4. The number of aromatic amines is 1. The van der Waals surface area contributed by atoms with Gasteiger partial charge in [-0.3, -0.25) is 9.89 Å². The molecule has 5 heterocycles. The monoisotopic (exact) mass is 477 g/mol. The molecule has 4 aliphatic rings. The van der Waals surface area contributed by atoms with Gasteiger partial charge in [-0.25, -0.2) is 9.97 Å². The first-order chi connectivity index (χ1) is 17.1. The minimum Gasteiger partial charge on any atom is -0.373 e. The first-order valence-electron chi connectivity index (χ1n) is 13.1. The van der Waals surface area contributed by atoms with Gasteiger partial charge in [0.25, 0.3) is 0 Å². The van der Waals surface area contributed by atoms with E-state index in [1.807, 2.05) is 19.1 Å². The zero-order valence-corrected chi connectivity index (χ0v) is 20.4. The molecule has 2 bridgehead atoms. The molecule has 2 saturated heterocycles. The van der Waals surface area contributed by atoms with Crippen molar-refractivity contribution >= 4 is 23.1 Å². The number of anilines is 2. The van der Waals surface area contributed by atoms with Gasteiger partial charge in [0.05, 0.1) is 25.5 Å². The van der Waals surface area contributed by atoms with E-state index in [9.17, 15) is 4.79 Å². The number of hydrogen-bond acceptors (Lipinski definition) is 7. The highest BCUT2D eigenvalue weighted by atomic mass is 16.5. The van der Waals surface area contributed by atoms with E-state index in [4.69, 9.17) is 14.7 Å². The van der Waals surface area contributed by atoms with Crippen molar-refractivity contribution in [3.05, 3.63) is 35.4 Å². The minimum atomic E-state index is 0.374. The van der Waals surface area contributed by atoms with Crippen LogP contribution in [0.15, 0.2) is 18.2 Å². The number of ether oxygens (including phenoxy) is 1. The van der Waals surface area contributed by atoms with Crippen LogP contribution >= 0.6 is 0 Å². The number of rotatable bonds is 8. The van der Waals surface area contributed by atoms with Gasteiger partial charge in [0, 0.05) is 47.9 Å². The van der Waals surface area contributed by atoms with Crippen LogP contribution in [0.5, 0.6) is 0 Å². The maximum Gasteiger partial charge on any atom is 0.223 e. The molecule has 0 spiro atoms. The maximum atomic E-state index is 13.0. The number of H-pyrrole nitrogens is 1. The zero-order valence-electron chi connectivity index (χ0n) is 20.4. The van der Waals surface area contributed by atoms with Gasteiger partial charge < -0.3 is 20.3 Å². The molecule has 2 aromatic heterocycles. The lowest BCUT2D eigenvalue weighted by molar-refractivity contribution is -0.141. The molecule has 3 N–H and O–H groups in total. The highest BCUT2D eigenvalue weighted by molar-refractivity contribution is 5.77. The zero-order chi connectivity index (χ0) is 23.8. The molecule has 2 unspecified atom stereocenters. The van der Waals surface area contributed by atoms with Crippen LogP contribution in [0.3, 0.4) is 0 Å². The van der Waals surface area contributed by atoms with Crippen LogP contribution in [0, 0.1) is 12.8 Å². The van der Waals surface area contributed by atoms with Crippen LogP contribution in [0.4, 0.5) is 11.6 Å². The summed E-state index contributed by atoms with van der Waals surface area (Å²) in [5, 5.41) is 14.3. The lowest BCUT2D eigenvalue weighted by Crippen LogP contribution is -2.58. The number of aryl methyl sites for hydroxylation is 1. The predicted octanol–water partition coefficient (Wildman–Crippen LogP) is 3.47. The van der Waals surface area contributed by atoms with Gasteiger partial charge in [-0.15, -0.1) is 0 Å². The van der Waals surface area contributed by atoms with Crippen LogP contribution in [-0.4, -0.2) is 62.3 Å². The Morgan fingerprint density at radius 2 is 1.97 bits per heavy atom. The Balaban J connectivity index is 1.14. The van der Waals surface area contributed by atoms with E-state index >= 15 is 0 Å². The average molecular weight is 478 g/mol. The quantitative estimate of drug-likeness (QED) is 0.534. The van der Waals surface area contributed by atoms with Gasteiger partial charge in [-0.2, -0.15) is 5.10 Å². The van der Waals surface area contributed by atoms with Crippen LogP contribution in [0.1, 0.15) is 68.6 Å². The third-order valence-electron chi connectivity index (χ3n) is 7.74. The maximum absolute atomic E-state index is 13.0. The van der Waals surface area contributed by atoms with Crippen LogP contribution < -0.4 is 10.6 Å². The van der Waals surface area contributed by atoms with E-state index in [0.29, 0.717) is 49.7 Å². The Hall–Kier alpha value is -2.78. The molecule has 1 saturated carbocycles. The highest BCUT2D eigenvalue weighted by Gasteiger charge is 2.41. The predicted molar refractivity (Wildman–Crippen MR) is 133 cm³/mol. The Morgan fingerprint density at radius 1 is 1.14 bits per heavy atom. The lowest BCUT2D eigenvalue weighted by Gasteiger charge is -2.49. The summed E-state index contributed by atoms with van der Waals surface area (Å²) in [6.45, 7) is 3.76. The third-order valence-corrected chi connectivity index (χ3v) is 7.74. The standard InChI is InChI=1S/C26H35N7O2/c1-16-9-24(32-31-16)29-23-13-22(18-7-8-35-15-18)28-25(30-23)14-27-19-11-20-3-2-4-21(12-19)33(20)26(34)10-17-5-6-17/h7,9,13,17,19-21,27H,2-6,8,10-12,14-15H2,1H3,(H2,28,29,30,31,32). The van der Waals surface area contributed by atoms with Crippen LogP contribution in [0.25, 0.3) is 5.57 Å². The first kappa shape index (κ1) is 22.7. The fourth-order valence-corrected chi connectivity index (χ4v) is 5.85. The number of carbonyl (C=O) groups excluding carboxylic acids is 1. The van der Waals surface area contributed by atoms with E-state index in [1.165, 1.54) is 19.3 Å². The Morgan fingerprint density at radius 3 is 2.66 bits per heavy atom. The molecule has 2 aromatic rings. The largest absolute Gasteiger partial charge is 0.373 e. The van der Waals surface area contributed by atoms with Crippen molar-refractivity contribution in [3.8, 4) is 0 Å². The Labute approximate surface area is 206 Å². The molecule has 1 amide bonds. The van der Waals surface area contributed by atoms with E-state index in [1.54, 1.807) is 0 Å². The summed E-state index contributed by atoms with van der Waals surface area (Å²) >= 11 is 0. The molecule has 3 fully saturated rings. The molecule has 35 heavy (non-hydrogen) atoms. The van der Waals surface area contributed by atoms with Crippen molar-refractivity contribution < 1.29 is 9.53 Å². The first-order valence-corrected chi connectivity index (χ1v) is 13.1. The van der Waals surface area contributed by atoms with E-state index in [2.05, 4.69) is 31.8 Å². The third kappa shape index (κ3) is 5.26. The molecule has 3 aliphatic heterocycles. The topological polar surface area (TPSA) is 108 Å². The molecule has 1 aliphatic carbocycles. The number of fused-ring (bicyclic) bond motifs is 2. The average Bonchev–Trinajstić information content (AvgIpc) is 3.29. The summed E-state index contributed by atoms with van der Waals surface area (Å²) in [6, 6.07) is 5.04. The van der Waals surface area contributed by atoms with E-state index < -0.39 is 0 Å². The molecule has 9 heteroatoms. The molecular weight excluding hydrogens is 442 g/mol. The van der Waals surface area contributed by atoms with Crippen molar-refractivity contribution in [2.45, 2.75) is 83.0 Å². The molecular formula is C26H35N7O2. The second-order valence-corrected chi connectivity index (χ2v) is 10.6. The van der Waals surface area contributed by atoms with Crippen molar-refractivity contribution in [1.82, 2.24) is 30.4 Å². The summed E-state index contributed by atoms with van der Waals surface area (Å²) in [6.07, 6.45) is 10.8. The van der Waals surface area contributed by atoms with Crippen molar-refractivity contribution in [2.75, 3.05) is 18.5 Å². The number of hydrogen-bond donors (Lipinski definition) is 3. The number of piperidine rings is 2. The number of aromatic nitrogens is 4. The van der Waals surface area contributed by atoms with Gasteiger partial charge in [-0.05, 0) is 57.8 Å². The summed E-state index contributed by atoms with van der Waals surface area (Å²) in [7, 11) is 0. The van der Waals surface area contributed by atoms with Crippen LogP contribution in [-0.2, 0) is 16.1 Å². The van der Waals surface area contributed by atoms with Gasteiger partial charge in [-0.1, -0.05) is 6.08 Å².